The van der Waals surface area contributed by atoms with E-state index in [2.05, 4.69) is 16.7 Å². The summed E-state index contributed by atoms with van der Waals surface area (Å²) in [6.45, 7) is 1.61. The number of anilines is 2. The van der Waals surface area contributed by atoms with E-state index in [1.165, 1.54) is 0 Å². The van der Waals surface area contributed by atoms with Crippen LogP contribution >= 0.6 is 11.6 Å². The van der Waals surface area contributed by atoms with Crippen LogP contribution in [0.2, 0.25) is 5.02 Å². The van der Waals surface area contributed by atoms with Gasteiger partial charge in [-0.3, -0.25) is 4.79 Å². The summed E-state index contributed by atoms with van der Waals surface area (Å²) in [6, 6.07) is 23.5. The molecule has 0 atom stereocenters. The highest BCUT2D eigenvalue weighted by Gasteiger charge is 2.22. The second-order valence-corrected chi connectivity index (χ2v) is 10.7. The molecule has 0 aliphatic heterocycles. The van der Waals surface area contributed by atoms with Gasteiger partial charge in [-0.25, -0.2) is 4.98 Å². The van der Waals surface area contributed by atoms with Crippen LogP contribution in [0, 0.1) is 5.92 Å². The molecule has 3 aromatic carbocycles. The minimum Gasteiger partial charge on any atom is -0.362 e. The molecule has 2 N–H and O–H groups in total. The van der Waals surface area contributed by atoms with Crippen molar-refractivity contribution in [1.82, 2.24) is 15.3 Å². The summed E-state index contributed by atoms with van der Waals surface area (Å²) in [5.41, 5.74) is 3.37. The largest absolute Gasteiger partial charge is 0.362 e. The number of hydrogen-bond donors (Lipinski definition) is 2. The molecule has 0 unspecified atom stereocenters. The summed E-state index contributed by atoms with van der Waals surface area (Å²) in [4.78, 5) is 24.7. The Kier molecular flexibility index (Phi) is 8.20. The Balaban J connectivity index is 1.14. The Labute approximate surface area is 229 Å². The SMILES string of the molecule is CN(C)c1nc(NC2CCC(CNCc3ccccc3C(=O)c3ccc(Cl)cc3)CC2)nc2ccccc12. The van der Waals surface area contributed by atoms with Gasteiger partial charge in [0, 0.05) is 48.2 Å². The number of benzene rings is 3. The third-order valence-electron chi connectivity index (χ3n) is 7.30. The van der Waals surface area contributed by atoms with Gasteiger partial charge in [0.2, 0.25) is 5.95 Å². The molecule has 1 aliphatic rings. The number of rotatable bonds is 9. The lowest BCUT2D eigenvalue weighted by Crippen LogP contribution is -2.32. The quantitative estimate of drug-likeness (QED) is 0.247. The summed E-state index contributed by atoms with van der Waals surface area (Å²) >= 11 is 5.99. The molecule has 1 fully saturated rings. The predicted molar refractivity (Wildman–Crippen MR) is 156 cm³/mol. The molecule has 0 spiro atoms. The van der Waals surface area contributed by atoms with Crippen LogP contribution < -0.4 is 15.5 Å². The fraction of sp³-hybridized carbons (Fsp3) is 0.323. The van der Waals surface area contributed by atoms with Crippen molar-refractivity contribution >= 4 is 40.1 Å². The lowest BCUT2D eigenvalue weighted by Gasteiger charge is -2.29. The first-order valence-electron chi connectivity index (χ1n) is 13.3. The van der Waals surface area contributed by atoms with Crippen molar-refractivity contribution in [3.63, 3.8) is 0 Å². The molecular formula is C31H34ClN5O. The molecule has 0 radical (unpaired) electrons. The fourth-order valence-corrected chi connectivity index (χ4v) is 5.35. The van der Waals surface area contributed by atoms with E-state index in [-0.39, 0.29) is 5.78 Å². The van der Waals surface area contributed by atoms with Crippen LogP contribution in [0.3, 0.4) is 0 Å². The molecule has 196 valence electrons. The second kappa shape index (κ2) is 11.9. The molecule has 4 aromatic rings. The van der Waals surface area contributed by atoms with Crippen LogP contribution in [0.4, 0.5) is 11.8 Å². The zero-order chi connectivity index (χ0) is 26.5. The van der Waals surface area contributed by atoms with E-state index in [0.717, 1.165) is 60.1 Å². The van der Waals surface area contributed by atoms with E-state index in [9.17, 15) is 4.79 Å². The Hall–Kier alpha value is -3.48. The van der Waals surface area contributed by atoms with Crippen LogP contribution in [0.15, 0.2) is 72.8 Å². The van der Waals surface area contributed by atoms with Crippen molar-refractivity contribution in [2.45, 2.75) is 38.3 Å². The second-order valence-electron chi connectivity index (χ2n) is 10.3. The third-order valence-corrected chi connectivity index (χ3v) is 7.56. The van der Waals surface area contributed by atoms with E-state index < -0.39 is 0 Å². The fourth-order valence-electron chi connectivity index (χ4n) is 5.22. The molecule has 0 amide bonds. The molecule has 6 nitrogen and oxygen atoms in total. The maximum Gasteiger partial charge on any atom is 0.225 e. The first-order valence-corrected chi connectivity index (χ1v) is 13.7. The summed E-state index contributed by atoms with van der Waals surface area (Å²) < 4.78 is 0. The van der Waals surface area contributed by atoms with Gasteiger partial charge in [0.05, 0.1) is 5.52 Å². The molecule has 0 saturated heterocycles. The monoisotopic (exact) mass is 527 g/mol. The lowest BCUT2D eigenvalue weighted by molar-refractivity contribution is 0.103. The number of para-hydroxylation sites is 1. The van der Waals surface area contributed by atoms with Gasteiger partial charge in [-0.15, -0.1) is 0 Å². The van der Waals surface area contributed by atoms with Crippen LogP contribution in [-0.2, 0) is 6.54 Å². The zero-order valence-electron chi connectivity index (χ0n) is 22.0. The van der Waals surface area contributed by atoms with Gasteiger partial charge in [0.15, 0.2) is 5.78 Å². The Bertz CT molecular complexity index is 1400. The smallest absolute Gasteiger partial charge is 0.225 e. The molecule has 7 heteroatoms. The van der Waals surface area contributed by atoms with Gasteiger partial charge in [0.1, 0.15) is 5.82 Å². The Morgan fingerprint density at radius 2 is 1.63 bits per heavy atom. The highest BCUT2D eigenvalue weighted by Crippen LogP contribution is 2.28. The van der Waals surface area contributed by atoms with Gasteiger partial charge >= 0.3 is 0 Å². The van der Waals surface area contributed by atoms with Gasteiger partial charge in [-0.05, 0) is 80.1 Å². The molecule has 5 rings (SSSR count). The summed E-state index contributed by atoms with van der Waals surface area (Å²) in [5, 5.41) is 8.90. The van der Waals surface area contributed by atoms with Crippen molar-refractivity contribution in [3.8, 4) is 0 Å². The first kappa shape index (κ1) is 26.1. The molecule has 1 aliphatic carbocycles. The normalized spacial score (nSPS) is 17.3. The molecule has 1 saturated carbocycles. The number of aromatic nitrogens is 2. The van der Waals surface area contributed by atoms with Gasteiger partial charge in [0.25, 0.3) is 0 Å². The highest BCUT2D eigenvalue weighted by molar-refractivity contribution is 6.30. The van der Waals surface area contributed by atoms with Crippen LogP contribution in [0.1, 0.15) is 47.2 Å². The number of nitrogens with zero attached hydrogens (tertiary/aromatic N) is 3. The lowest BCUT2D eigenvalue weighted by atomic mass is 9.86. The Morgan fingerprint density at radius 3 is 2.39 bits per heavy atom. The average molecular weight is 528 g/mol. The number of carbonyl (C=O) groups is 1. The number of carbonyl (C=O) groups excluding carboxylic acids is 1. The van der Waals surface area contributed by atoms with Crippen molar-refractivity contribution in [2.75, 3.05) is 30.9 Å². The number of fused-ring (bicyclic) bond motifs is 1. The summed E-state index contributed by atoms with van der Waals surface area (Å²) in [7, 11) is 4.03. The number of ketones is 1. The van der Waals surface area contributed by atoms with E-state index >= 15 is 0 Å². The molecule has 1 heterocycles. The van der Waals surface area contributed by atoms with E-state index in [1.54, 1.807) is 24.3 Å². The van der Waals surface area contributed by atoms with Gasteiger partial charge < -0.3 is 15.5 Å². The van der Waals surface area contributed by atoms with Crippen molar-refractivity contribution < 1.29 is 4.79 Å². The molecule has 38 heavy (non-hydrogen) atoms. The number of nitrogens with one attached hydrogen (secondary N) is 2. The standard InChI is InChI=1S/C31H34ClN5O/c1-37(2)30-27-9-5-6-10-28(27)35-31(36-30)34-25-17-11-21(12-18-25)19-33-20-23-7-3-4-8-26(23)29(38)22-13-15-24(32)16-14-22/h3-10,13-16,21,25,33H,11-12,17-20H2,1-2H3,(H,34,35,36). The van der Waals surface area contributed by atoms with Crippen LogP contribution in [-0.4, -0.2) is 42.4 Å². The predicted octanol–water partition coefficient (Wildman–Crippen LogP) is 6.34. The maximum absolute atomic E-state index is 13.1. The molecule has 1 aromatic heterocycles. The average Bonchev–Trinajstić information content (AvgIpc) is 2.94. The summed E-state index contributed by atoms with van der Waals surface area (Å²) in [5.74, 6) is 2.28. The molecule has 0 bridgehead atoms. The van der Waals surface area contributed by atoms with Crippen molar-refractivity contribution in [3.05, 3.63) is 94.5 Å². The van der Waals surface area contributed by atoms with Gasteiger partial charge in [-0.1, -0.05) is 48.0 Å². The van der Waals surface area contributed by atoms with E-state index in [1.807, 2.05) is 61.5 Å². The number of hydrogen-bond acceptors (Lipinski definition) is 6. The maximum atomic E-state index is 13.1. The van der Waals surface area contributed by atoms with E-state index in [0.29, 0.717) is 35.0 Å². The minimum atomic E-state index is 0.0268. The van der Waals surface area contributed by atoms with Crippen molar-refractivity contribution in [1.29, 1.82) is 0 Å². The van der Waals surface area contributed by atoms with Gasteiger partial charge in [-0.2, -0.15) is 4.98 Å². The minimum absolute atomic E-state index is 0.0268. The highest BCUT2D eigenvalue weighted by atomic mass is 35.5. The topological polar surface area (TPSA) is 70.2 Å². The Morgan fingerprint density at radius 1 is 0.921 bits per heavy atom. The summed E-state index contributed by atoms with van der Waals surface area (Å²) in [6.07, 6.45) is 4.46. The van der Waals surface area contributed by atoms with Crippen LogP contribution in [0.25, 0.3) is 10.9 Å². The van der Waals surface area contributed by atoms with Crippen LogP contribution in [0.5, 0.6) is 0 Å². The number of halogens is 1. The zero-order valence-corrected chi connectivity index (χ0v) is 22.7. The first-order chi connectivity index (χ1) is 18.5. The van der Waals surface area contributed by atoms with Crippen molar-refractivity contribution in [2.24, 2.45) is 5.92 Å². The molecular weight excluding hydrogens is 494 g/mol. The van der Waals surface area contributed by atoms with E-state index in [4.69, 9.17) is 21.6 Å². The third kappa shape index (κ3) is 6.14.